The Morgan fingerprint density at radius 1 is 1.23 bits per heavy atom. The molecule has 22 heavy (non-hydrogen) atoms. The van der Waals surface area contributed by atoms with Gasteiger partial charge in [0.15, 0.2) is 5.82 Å². The van der Waals surface area contributed by atoms with Gasteiger partial charge >= 0.3 is 6.03 Å². The molecule has 6 heteroatoms. The number of rotatable bonds is 4. The van der Waals surface area contributed by atoms with E-state index in [9.17, 15) is 4.79 Å². The molecule has 1 aliphatic heterocycles. The van der Waals surface area contributed by atoms with E-state index in [0.717, 1.165) is 18.5 Å². The van der Waals surface area contributed by atoms with E-state index in [0.29, 0.717) is 32.1 Å². The molecule has 116 valence electrons. The molecule has 2 N–H and O–H groups in total. The highest BCUT2D eigenvalue weighted by Gasteiger charge is 2.17. The summed E-state index contributed by atoms with van der Waals surface area (Å²) < 4.78 is 5.23. The van der Waals surface area contributed by atoms with Gasteiger partial charge in [-0.2, -0.15) is 5.10 Å². The number of aryl methyl sites for hydroxylation is 2. The van der Waals surface area contributed by atoms with Crippen LogP contribution in [0.1, 0.15) is 11.3 Å². The lowest BCUT2D eigenvalue weighted by Gasteiger charge is -2.26. The Kier molecular flexibility index (Phi) is 4.70. The lowest BCUT2D eigenvalue weighted by Crippen LogP contribution is -2.43. The van der Waals surface area contributed by atoms with Crippen molar-refractivity contribution < 1.29 is 9.53 Å². The van der Waals surface area contributed by atoms with Gasteiger partial charge in [-0.15, -0.1) is 0 Å². The summed E-state index contributed by atoms with van der Waals surface area (Å²) in [4.78, 5) is 13.8. The van der Waals surface area contributed by atoms with Crippen molar-refractivity contribution in [2.75, 3.05) is 31.6 Å². The third-order valence-corrected chi connectivity index (χ3v) is 3.69. The second-order valence-corrected chi connectivity index (χ2v) is 5.29. The Hall–Kier alpha value is -2.34. The van der Waals surface area contributed by atoms with Crippen LogP contribution >= 0.6 is 0 Å². The summed E-state index contributed by atoms with van der Waals surface area (Å²) in [5, 5.41) is 9.94. The van der Waals surface area contributed by atoms with Gasteiger partial charge in [-0.05, 0) is 18.4 Å². The van der Waals surface area contributed by atoms with E-state index < -0.39 is 0 Å². The van der Waals surface area contributed by atoms with Crippen molar-refractivity contribution in [1.29, 1.82) is 0 Å². The average Bonchev–Trinajstić information content (AvgIpc) is 3.02. The van der Waals surface area contributed by atoms with Gasteiger partial charge in [-0.1, -0.05) is 30.3 Å². The summed E-state index contributed by atoms with van der Waals surface area (Å²) in [5.74, 6) is 0.569. The number of H-pyrrole nitrogens is 1. The first-order valence-corrected chi connectivity index (χ1v) is 7.53. The van der Waals surface area contributed by atoms with Crippen LogP contribution in [-0.2, 0) is 17.6 Å². The minimum absolute atomic E-state index is 0.121. The van der Waals surface area contributed by atoms with Gasteiger partial charge < -0.3 is 9.64 Å². The van der Waals surface area contributed by atoms with Crippen LogP contribution in [0.3, 0.4) is 0 Å². The molecule has 0 atom stereocenters. The Bertz CT molecular complexity index is 606. The number of carbonyl (C=O) groups excluding carboxylic acids is 1. The van der Waals surface area contributed by atoms with Crippen LogP contribution in [0.15, 0.2) is 36.4 Å². The molecule has 2 amide bonds. The summed E-state index contributed by atoms with van der Waals surface area (Å²) >= 11 is 0. The molecule has 2 heterocycles. The maximum Gasteiger partial charge on any atom is 0.323 e. The number of morpholine rings is 1. The topological polar surface area (TPSA) is 70.2 Å². The standard InChI is InChI=1S/C16H20N4O2/c21-16(20-8-10-22-11-9-20)17-15-12-14(18-19-15)7-6-13-4-2-1-3-5-13/h1-5,12H,6-11H2,(H2,17,18,19,21). The van der Waals surface area contributed by atoms with Crippen LogP contribution in [0.25, 0.3) is 0 Å². The number of nitrogens with zero attached hydrogens (tertiary/aromatic N) is 2. The fourth-order valence-corrected chi connectivity index (χ4v) is 2.43. The highest BCUT2D eigenvalue weighted by atomic mass is 16.5. The number of amides is 2. The fraction of sp³-hybridized carbons (Fsp3) is 0.375. The van der Waals surface area contributed by atoms with Crippen molar-refractivity contribution in [3.8, 4) is 0 Å². The largest absolute Gasteiger partial charge is 0.378 e. The molecule has 0 unspecified atom stereocenters. The molecule has 0 spiro atoms. The number of ether oxygens (including phenoxy) is 1. The van der Waals surface area contributed by atoms with Crippen LogP contribution in [0, 0.1) is 0 Å². The molecule has 1 aliphatic rings. The lowest BCUT2D eigenvalue weighted by molar-refractivity contribution is 0.0564. The number of carbonyl (C=O) groups is 1. The zero-order valence-corrected chi connectivity index (χ0v) is 12.4. The summed E-state index contributed by atoms with van der Waals surface area (Å²) in [6, 6.07) is 12.1. The molecule has 2 aromatic rings. The van der Waals surface area contributed by atoms with Crippen LogP contribution in [0.2, 0.25) is 0 Å². The molecule has 0 saturated carbocycles. The highest BCUT2D eigenvalue weighted by molar-refractivity contribution is 5.88. The molecule has 3 rings (SSSR count). The summed E-state index contributed by atoms with van der Waals surface area (Å²) in [6.45, 7) is 2.43. The summed E-state index contributed by atoms with van der Waals surface area (Å²) in [7, 11) is 0. The lowest BCUT2D eigenvalue weighted by atomic mass is 10.1. The first-order valence-electron chi connectivity index (χ1n) is 7.53. The van der Waals surface area contributed by atoms with Gasteiger partial charge in [0.25, 0.3) is 0 Å². The number of aromatic nitrogens is 2. The molecule has 1 aromatic carbocycles. The normalized spacial score (nSPS) is 14.8. The van der Waals surface area contributed by atoms with Crippen molar-refractivity contribution in [3.05, 3.63) is 47.7 Å². The number of hydrogen-bond acceptors (Lipinski definition) is 3. The average molecular weight is 300 g/mol. The molecule has 0 aliphatic carbocycles. The Labute approximate surface area is 129 Å². The molecular formula is C16H20N4O2. The predicted molar refractivity (Wildman–Crippen MR) is 83.8 cm³/mol. The van der Waals surface area contributed by atoms with E-state index in [-0.39, 0.29) is 6.03 Å². The molecule has 0 radical (unpaired) electrons. The Morgan fingerprint density at radius 3 is 2.77 bits per heavy atom. The number of anilines is 1. The van der Waals surface area contributed by atoms with Gasteiger partial charge in [0.2, 0.25) is 0 Å². The second-order valence-electron chi connectivity index (χ2n) is 5.29. The molecule has 1 fully saturated rings. The van der Waals surface area contributed by atoms with Crippen LogP contribution in [0.5, 0.6) is 0 Å². The van der Waals surface area contributed by atoms with E-state index >= 15 is 0 Å². The van der Waals surface area contributed by atoms with Crippen LogP contribution in [0.4, 0.5) is 10.6 Å². The number of aromatic amines is 1. The van der Waals surface area contributed by atoms with E-state index in [4.69, 9.17) is 4.74 Å². The van der Waals surface area contributed by atoms with Crippen molar-refractivity contribution in [1.82, 2.24) is 15.1 Å². The molecular weight excluding hydrogens is 280 g/mol. The van der Waals surface area contributed by atoms with Crippen molar-refractivity contribution in [2.45, 2.75) is 12.8 Å². The fourth-order valence-electron chi connectivity index (χ4n) is 2.43. The third kappa shape index (κ3) is 3.85. The van der Waals surface area contributed by atoms with Gasteiger partial charge in [0, 0.05) is 24.8 Å². The predicted octanol–water partition coefficient (Wildman–Crippen LogP) is 2.06. The SMILES string of the molecule is O=C(Nc1cc(CCc2ccccc2)[nH]n1)N1CCOCC1. The molecule has 1 aromatic heterocycles. The number of benzene rings is 1. The van der Waals surface area contributed by atoms with Crippen molar-refractivity contribution in [3.63, 3.8) is 0 Å². The number of urea groups is 1. The highest BCUT2D eigenvalue weighted by Crippen LogP contribution is 2.10. The van der Waals surface area contributed by atoms with Crippen LogP contribution < -0.4 is 5.32 Å². The smallest absolute Gasteiger partial charge is 0.323 e. The van der Waals surface area contributed by atoms with E-state index in [2.05, 4.69) is 27.6 Å². The maximum absolute atomic E-state index is 12.1. The number of hydrogen-bond donors (Lipinski definition) is 2. The maximum atomic E-state index is 12.1. The first kappa shape index (κ1) is 14.6. The molecule has 0 bridgehead atoms. The second kappa shape index (κ2) is 7.09. The van der Waals surface area contributed by atoms with Crippen molar-refractivity contribution in [2.24, 2.45) is 0 Å². The Morgan fingerprint density at radius 2 is 2.00 bits per heavy atom. The van der Waals surface area contributed by atoms with Gasteiger partial charge in [-0.25, -0.2) is 4.79 Å². The van der Waals surface area contributed by atoms with E-state index in [1.807, 2.05) is 24.3 Å². The summed E-state index contributed by atoms with van der Waals surface area (Å²) in [5.41, 5.74) is 2.30. The van der Waals surface area contributed by atoms with Crippen LogP contribution in [-0.4, -0.2) is 47.4 Å². The van der Waals surface area contributed by atoms with Gasteiger partial charge in [0.05, 0.1) is 13.2 Å². The quantitative estimate of drug-likeness (QED) is 0.908. The zero-order chi connectivity index (χ0) is 15.2. The first-order chi connectivity index (χ1) is 10.8. The zero-order valence-electron chi connectivity index (χ0n) is 12.4. The molecule has 6 nitrogen and oxygen atoms in total. The monoisotopic (exact) mass is 300 g/mol. The van der Waals surface area contributed by atoms with Gasteiger partial charge in [0.1, 0.15) is 0 Å². The van der Waals surface area contributed by atoms with Crippen molar-refractivity contribution >= 4 is 11.8 Å². The minimum atomic E-state index is -0.121. The van der Waals surface area contributed by atoms with E-state index in [1.54, 1.807) is 4.90 Å². The number of nitrogens with one attached hydrogen (secondary N) is 2. The van der Waals surface area contributed by atoms with E-state index in [1.165, 1.54) is 5.56 Å². The summed E-state index contributed by atoms with van der Waals surface area (Å²) in [6.07, 6.45) is 1.81. The Balaban J connectivity index is 1.51. The van der Waals surface area contributed by atoms with Gasteiger partial charge in [-0.3, -0.25) is 10.4 Å². The third-order valence-electron chi connectivity index (χ3n) is 3.69. The minimum Gasteiger partial charge on any atom is -0.378 e. The molecule has 1 saturated heterocycles.